The van der Waals surface area contributed by atoms with Crippen molar-refractivity contribution in [2.45, 2.75) is 33.0 Å². The number of methoxy groups -OCH3 is 1. The molecule has 1 N–H and O–H groups in total. The number of aromatic nitrogens is 1. The van der Waals surface area contributed by atoms with Crippen LogP contribution in [0.4, 0.5) is 5.82 Å². The Morgan fingerprint density at radius 1 is 1.29 bits per heavy atom. The molecule has 0 spiro atoms. The van der Waals surface area contributed by atoms with Crippen LogP contribution >= 0.6 is 15.9 Å². The summed E-state index contributed by atoms with van der Waals surface area (Å²) in [6.45, 7) is 8.67. The van der Waals surface area contributed by atoms with Crippen molar-refractivity contribution in [2.24, 2.45) is 0 Å². The molecular weight excluding hydrogens is 422 g/mol. The maximum Gasteiger partial charge on any atom is 0.174 e. The van der Waals surface area contributed by atoms with E-state index in [4.69, 9.17) is 14.2 Å². The zero-order chi connectivity index (χ0) is 19.9. The van der Waals surface area contributed by atoms with Crippen LogP contribution < -0.4 is 19.7 Å². The lowest BCUT2D eigenvalue weighted by Crippen LogP contribution is -2.41. The molecule has 1 unspecified atom stereocenters. The van der Waals surface area contributed by atoms with Crippen LogP contribution in [0.3, 0.4) is 0 Å². The Labute approximate surface area is 175 Å². The molecule has 28 heavy (non-hydrogen) atoms. The van der Waals surface area contributed by atoms with Crippen molar-refractivity contribution in [1.82, 2.24) is 10.3 Å². The summed E-state index contributed by atoms with van der Waals surface area (Å²) in [6.07, 6.45) is 2.19. The van der Waals surface area contributed by atoms with Gasteiger partial charge in [-0.25, -0.2) is 4.98 Å². The number of ether oxygens (including phenoxy) is 3. The first kappa shape index (κ1) is 20.9. The average Bonchev–Trinajstić information content (AvgIpc) is 2.69. The average molecular weight is 450 g/mol. The van der Waals surface area contributed by atoms with Gasteiger partial charge >= 0.3 is 0 Å². The number of rotatable bonds is 8. The van der Waals surface area contributed by atoms with Gasteiger partial charge in [0.15, 0.2) is 11.5 Å². The number of pyridine rings is 1. The molecule has 1 aromatic carbocycles. The van der Waals surface area contributed by atoms with Gasteiger partial charge in [0.1, 0.15) is 5.82 Å². The molecule has 1 saturated heterocycles. The molecule has 0 radical (unpaired) electrons. The third-order valence-electron chi connectivity index (χ3n) is 4.61. The highest BCUT2D eigenvalue weighted by molar-refractivity contribution is 9.10. The van der Waals surface area contributed by atoms with Crippen molar-refractivity contribution >= 4 is 21.7 Å². The Bertz CT molecular complexity index is 770. The fourth-order valence-corrected chi connectivity index (χ4v) is 3.92. The number of anilines is 1. The second-order valence-corrected chi connectivity index (χ2v) is 7.65. The topological polar surface area (TPSA) is 55.9 Å². The van der Waals surface area contributed by atoms with E-state index in [1.807, 2.05) is 19.2 Å². The van der Waals surface area contributed by atoms with Crippen molar-refractivity contribution < 1.29 is 14.2 Å². The molecule has 2 heterocycles. The maximum absolute atomic E-state index is 5.69. The van der Waals surface area contributed by atoms with E-state index in [1.165, 1.54) is 0 Å². The van der Waals surface area contributed by atoms with Gasteiger partial charge in [-0.05, 0) is 59.1 Å². The van der Waals surface area contributed by atoms with Crippen molar-refractivity contribution in [1.29, 1.82) is 0 Å². The van der Waals surface area contributed by atoms with Crippen LogP contribution in [-0.2, 0) is 17.8 Å². The summed E-state index contributed by atoms with van der Waals surface area (Å²) >= 11 is 3.56. The summed E-state index contributed by atoms with van der Waals surface area (Å²) in [5.74, 6) is 2.49. The van der Waals surface area contributed by atoms with Crippen LogP contribution in [0.25, 0.3) is 0 Å². The fraction of sp³-hybridized carbons (Fsp3) is 0.476. The molecule has 0 saturated carbocycles. The molecule has 1 fully saturated rings. The molecule has 0 bridgehead atoms. The van der Waals surface area contributed by atoms with Gasteiger partial charge in [0.05, 0.1) is 30.9 Å². The lowest BCUT2D eigenvalue weighted by atomic mass is 10.2. The molecule has 6 nitrogen and oxygen atoms in total. The first-order valence-electron chi connectivity index (χ1n) is 9.62. The summed E-state index contributed by atoms with van der Waals surface area (Å²) < 4.78 is 17.6. The number of halogens is 1. The number of morpholine rings is 1. The van der Waals surface area contributed by atoms with Crippen LogP contribution in [0.1, 0.15) is 25.0 Å². The Morgan fingerprint density at radius 3 is 2.79 bits per heavy atom. The highest BCUT2D eigenvalue weighted by Crippen LogP contribution is 2.36. The van der Waals surface area contributed by atoms with Crippen LogP contribution in [0.5, 0.6) is 11.5 Å². The van der Waals surface area contributed by atoms with Crippen LogP contribution in [-0.4, -0.2) is 44.5 Å². The van der Waals surface area contributed by atoms with Gasteiger partial charge in [-0.2, -0.15) is 0 Å². The van der Waals surface area contributed by atoms with Crippen molar-refractivity contribution in [2.75, 3.05) is 38.3 Å². The van der Waals surface area contributed by atoms with E-state index < -0.39 is 0 Å². The van der Waals surface area contributed by atoms with Crippen LogP contribution in [0.2, 0.25) is 0 Å². The second kappa shape index (κ2) is 10.1. The van der Waals surface area contributed by atoms with Crippen molar-refractivity contribution in [3.63, 3.8) is 0 Å². The zero-order valence-corrected chi connectivity index (χ0v) is 18.3. The van der Waals surface area contributed by atoms with E-state index in [0.717, 1.165) is 65.7 Å². The lowest BCUT2D eigenvalue weighted by molar-refractivity contribution is 0.0529. The normalized spacial score (nSPS) is 16.9. The van der Waals surface area contributed by atoms with E-state index in [2.05, 4.69) is 56.3 Å². The molecule has 2 aromatic rings. The van der Waals surface area contributed by atoms with E-state index in [9.17, 15) is 0 Å². The summed E-state index contributed by atoms with van der Waals surface area (Å²) in [5.41, 5.74) is 2.28. The summed E-state index contributed by atoms with van der Waals surface area (Å²) in [7, 11) is 1.65. The van der Waals surface area contributed by atoms with Crippen LogP contribution in [0, 0.1) is 0 Å². The van der Waals surface area contributed by atoms with Gasteiger partial charge in [-0.15, -0.1) is 0 Å². The largest absolute Gasteiger partial charge is 0.492 e. The number of hydrogen-bond donors (Lipinski definition) is 1. The first-order valence-corrected chi connectivity index (χ1v) is 10.4. The van der Waals surface area contributed by atoms with Crippen molar-refractivity contribution in [3.05, 3.63) is 46.1 Å². The molecule has 0 amide bonds. The van der Waals surface area contributed by atoms with E-state index >= 15 is 0 Å². The predicted molar refractivity (Wildman–Crippen MR) is 114 cm³/mol. The van der Waals surface area contributed by atoms with E-state index in [0.29, 0.717) is 6.61 Å². The third-order valence-corrected chi connectivity index (χ3v) is 5.19. The molecule has 7 heteroatoms. The number of benzene rings is 1. The third kappa shape index (κ3) is 5.37. The van der Waals surface area contributed by atoms with E-state index in [-0.39, 0.29) is 6.10 Å². The van der Waals surface area contributed by atoms with Crippen molar-refractivity contribution in [3.8, 4) is 11.5 Å². The van der Waals surface area contributed by atoms with E-state index in [1.54, 1.807) is 7.11 Å². The quantitative estimate of drug-likeness (QED) is 0.661. The number of hydrogen-bond acceptors (Lipinski definition) is 6. The Balaban J connectivity index is 1.56. The minimum absolute atomic E-state index is 0.252. The number of nitrogens with one attached hydrogen (secondary N) is 1. The smallest absolute Gasteiger partial charge is 0.174 e. The lowest BCUT2D eigenvalue weighted by Gasteiger charge is -2.32. The minimum Gasteiger partial charge on any atom is -0.492 e. The SMILES string of the molecule is CCOc1cc(CNCc2ccc(N3CCOC(C)C3)nc2)cc(Br)c1OC. The van der Waals surface area contributed by atoms with Gasteiger partial charge in [0.2, 0.25) is 0 Å². The van der Waals surface area contributed by atoms with Gasteiger partial charge in [-0.3, -0.25) is 0 Å². The Kier molecular flexibility index (Phi) is 7.53. The minimum atomic E-state index is 0.252. The van der Waals surface area contributed by atoms with Gasteiger partial charge in [0, 0.05) is 32.4 Å². The molecule has 152 valence electrons. The first-order chi connectivity index (χ1) is 13.6. The molecule has 1 atom stereocenters. The monoisotopic (exact) mass is 449 g/mol. The molecule has 3 rings (SSSR count). The summed E-state index contributed by atoms with van der Waals surface area (Å²) in [4.78, 5) is 6.90. The van der Waals surface area contributed by atoms with Crippen LogP contribution in [0.15, 0.2) is 34.9 Å². The summed E-state index contributed by atoms with van der Waals surface area (Å²) in [6, 6.07) is 8.29. The predicted octanol–water partition coefficient (Wildman–Crippen LogP) is 3.77. The Morgan fingerprint density at radius 2 is 2.11 bits per heavy atom. The molecule has 0 aliphatic carbocycles. The fourth-order valence-electron chi connectivity index (χ4n) is 3.27. The van der Waals surface area contributed by atoms with Gasteiger partial charge in [0.25, 0.3) is 0 Å². The molecular formula is C21H28BrN3O3. The highest BCUT2D eigenvalue weighted by atomic mass is 79.9. The zero-order valence-electron chi connectivity index (χ0n) is 16.7. The maximum atomic E-state index is 5.69. The molecule has 1 aliphatic rings. The highest BCUT2D eigenvalue weighted by Gasteiger charge is 2.17. The summed E-state index contributed by atoms with van der Waals surface area (Å²) in [5, 5.41) is 3.47. The second-order valence-electron chi connectivity index (χ2n) is 6.80. The number of nitrogens with zero attached hydrogens (tertiary/aromatic N) is 2. The van der Waals surface area contributed by atoms with Gasteiger partial charge in [-0.1, -0.05) is 6.07 Å². The molecule has 1 aromatic heterocycles. The standard InChI is InChI=1S/C21H28BrN3O3/c1-4-27-19-10-17(9-18(22)21(19)26-3)12-23-11-16-5-6-20(24-13-16)25-7-8-28-15(2)14-25/h5-6,9-10,13,15,23H,4,7-8,11-12,14H2,1-3H3. The Hall–Kier alpha value is -1.83. The van der Waals surface area contributed by atoms with Gasteiger partial charge < -0.3 is 24.4 Å². The molecule has 1 aliphatic heterocycles.